The van der Waals surface area contributed by atoms with Gasteiger partial charge in [-0.3, -0.25) is 14.7 Å². The van der Waals surface area contributed by atoms with E-state index in [0.29, 0.717) is 28.3 Å². The highest BCUT2D eigenvalue weighted by atomic mass is 19.4. The van der Waals surface area contributed by atoms with E-state index in [2.05, 4.69) is 15.3 Å². The largest absolute Gasteiger partial charge is 0.482 e. The number of anilines is 2. The van der Waals surface area contributed by atoms with E-state index < -0.39 is 18.9 Å². The number of para-hydroxylation sites is 1. The smallest absolute Gasteiger partial charge is 0.422 e. The molecule has 0 bridgehead atoms. The van der Waals surface area contributed by atoms with Gasteiger partial charge < -0.3 is 19.8 Å². The van der Waals surface area contributed by atoms with Crippen molar-refractivity contribution in [2.75, 3.05) is 25.6 Å². The molecule has 11 heteroatoms. The quantitative estimate of drug-likeness (QED) is 0.581. The number of hydrogen-bond acceptors (Lipinski definition) is 6. The predicted molar refractivity (Wildman–Crippen MR) is 112 cm³/mol. The summed E-state index contributed by atoms with van der Waals surface area (Å²) in [6.45, 7) is -1.64. The highest BCUT2D eigenvalue weighted by Crippen LogP contribution is 2.41. The van der Waals surface area contributed by atoms with Gasteiger partial charge in [-0.2, -0.15) is 13.2 Å². The third-order valence-corrected chi connectivity index (χ3v) is 4.96. The van der Waals surface area contributed by atoms with Crippen molar-refractivity contribution >= 4 is 23.3 Å². The zero-order valence-electron chi connectivity index (χ0n) is 17.4. The van der Waals surface area contributed by atoms with Crippen molar-refractivity contribution < 1.29 is 32.2 Å². The van der Waals surface area contributed by atoms with E-state index in [1.165, 1.54) is 30.5 Å². The van der Waals surface area contributed by atoms with E-state index in [-0.39, 0.29) is 30.2 Å². The number of aromatic nitrogens is 2. The normalized spacial score (nSPS) is 13.5. The molecule has 1 aliphatic heterocycles. The van der Waals surface area contributed by atoms with Crippen LogP contribution in [-0.2, 0) is 11.3 Å². The molecule has 172 valence electrons. The molecule has 0 atom stereocenters. The molecule has 1 amide bonds. The SMILES string of the molecule is COC(=O)N1CC(=O)c2c([nH]c(-c3ccncc3OCC(F)(F)F)c2Nc2ccccc2)C1. The fourth-order valence-corrected chi connectivity index (χ4v) is 3.59. The molecule has 0 spiro atoms. The summed E-state index contributed by atoms with van der Waals surface area (Å²) in [5.74, 6) is -0.462. The minimum absolute atomic E-state index is 0.0566. The highest BCUT2D eigenvalue weighted by molar-refractivity contribution is 6.09. The zero-order valence-corrected chi connectivity index (χ0v) is 17.4. The first-order valence-electron chi connectivity index (χ1n) is 9.83. The first-order chi connectivity index (χ1) is 15.8. The minimum atomic E-state index is -4.54. The monoisotopic (exact) mass is 460 g/mol. The maximum absolute atomic E-state index is 13.0. The Hall–Kier alpha value is -4.02. The summed E-state index contributed by atoms with van der Waals surface area (Å²) in [5, 5.41) is 3.18. The van der Waals surface area contributed by atoms with Crippen LogP contribution >= 0.6 is 0 Å². The third-order valence-electron chi connectivity index (χ3n) is 4.96. The molecule has 2 N–H and O–H groups in total. The maximum atomic E-state index is 13.0. The van der Waals surface area contributed by atoms with Gasteiger partial charge in [0.2, 0.25) is 0 Å². The Morgan fingerprint density at radius 3 is 2.67 bits per heavy atom. The van der Waals surface area contributed by atoms with Crippen LogP contribution in [0.4, 0.5) is 29.3 Å². The standard InChI is InChI=1S/C22H19F3N4O4/c1-32-21(31)29-10-15-18(16(30)11-29)20(27-13-5-3-2-4-6-13)19(28-15)14-7-8-26-9-17(14)33-12-22(23,24)25/h2-9,27-28H,10-12H2,1H3. The van der Waals surface area contributed by atoms with E-state index >= 15 is 0 Å². The molecular weight excluding hydrogens is 441 g/mol. The van der Waals surface area contributed by atoms with Crippen LogP contribution in [0.25, 0.3) is 11.3 Å². The Kier molecular flexibility index (Phi) is 5.95. The van der Waals surface area contributed by atoms with Crippen LogP contribution in [0.15, 0.2) is 48.8 Å². The van der Waals surface area contributed by atoms with E-state index in [1.807, 2.05) is 6.07 Å². The lowest BCUT2D eigenvalue weighted by molar-refractivity contribution is -0.153. The average molecular weight is 460 g/mol. The molecule has 0 radical (unpaired) electrons. The number of benzene rings is 1. The number of methoxy groups -OCH3 is 1. The molecular formula is C22H19F3N4O4. The molecule has 0 fully saturated rings. The number of alkyl halides is 3. The summed E-state index contributed by atoms with van der Waals surface area (Å²) < 4.78 is 48.0. The summed E-state index contributed by atoms with van der Waals surface area (Å²) in [6.07, 6.45) is -2.62. The van der Waals surface area contributed by atoms with E-state index in [1.54, 1.807) is 24.3 Å². The summed E-state index contributed by atoms with van der Waals surface area (Å²) in [7, 11) is 1.21. The van der Waals surface area contributed by atoms with Crippen LogP contribution in [0.5, 0.6) is 5.75 Å². The lowest BCUT2D eigenvalue weighted by atomic mass is 10.0. The van der Waals surface area contributed by atoms with Gasteiger partial charge in [0.05, 0.1) is 43.3 Å². The highest BCUT2D eigenvalue weighted by Gasteiger charge is 2.34. The van der Waals surface area contributed by atoms with Crippen LogP contribution in [-0.4, -0.2) is 53.2 Å². The number of pyridine rings is 1. The van der Waals surface area contributed by atoms with Crippen molar-refractivity contribution in [2.45, 2.75) is 12.7 Å². The zero-order chi connectivity index (χ0) is 23.6. The summed E-state index contributed by atoms with van der Waals surface area (Å²) >= 11 is 0. The molecule has 0 unspecified atom stereocenters. The Bertz CT molecular complexity index is 1180. The molecule has 3 aromatic rings. The number of carbonyl (C=O) groups excluding carboxylic acids is 2. The van der Waals surface area contributed by atoms with E-state index in [4.69, 9.17) is 9.47 Å². The summed E-state index contributed by atoms with van der Waals surface area (Å²) in [4.78, 5) is 33.2. The number of aromatic amines is 1. The van der Waals surface area contributed by atoms with Gasteiger partial charge in [-0.05, 0) is 18.2 Å². The maximum Gasteiger partial charge on any atom is 0.422 e. The Morgan fingerprint density at radius 2 is 1.97 bits per heavy atom. The van der Waals surface area contributed by atoms with Crippen molar-refractivity contribution in [3.05, 3.63) is 60.0 Å². The van der Waals surface area contributed by atoms with Gasteiger partial charge in [-0.1, -0.05) is 18.2 Å². The number of Topliss-reactive ketones (excluding diaryl/α,β-unsaturated/α-hetero) is 1. The Morgan fingerprint density at radius 1 is 1.21 bits per heavy atom. The van der Waals surface area contributed by atoms with Crippen molar-refractivity contribution in [1.82, 2.24) is 14.9 Å². The lowest BCUT2D eigenvalue weighted by Gasteiger charge is -2.25. The number of halogens is 3. The number of amides is 1. The topological polar surface area (TPSA) is 96.5 Å². The molecule has 0 aliphatic carbocycles. The van der Waals surface area contributed by atoms with Gasteiger partial charge in [0, 0.05) is 23.1 Å². The molecule has 8 nitrogen and oxygen atoms in total. The number of carbonyl (C=O) groups is 2. The molecule has 0 saturated carbocycles. The summed E-state index contributed by atoms with van der Waals surface area (Å²) in [5.41, 5.74) is 2.38. The van der Waals surface area contributed by atoms with Crippen molar-refractivity contribution in [3.8, 4) is 17.0 Å². The number of H-pyrrole nitrogens is 1. The van der Waals surface area contributed by atoms with Gasteiger partial charge in [0.1, 0.15) is 5.75 Å². The number of nitrogens with zero attached hydrogens (tertiary/aromatic N) is 2. The second-order valence-electron chi connectivity index (χ2n) is 7.24. The Balaban J connectivity index is 1.82. The third kappa shape index (κ3) is 4.76. The molecule has 1 aromatic carbocycles. The second-order valence-corrected chi connectivity index (χ2v) is 7.24. The minimum Gasteiger partial charge on any atom is -0.482 e. The second kappa shape index (κ2) is 8.85. The van der Waals surface area contributed by atoms with Crippen molar-refractivity contribution in [1.29, 1.82) is 0 Å². The molecule has 1 aliphatic rings. The first-order valence-corrected chi connectivity index (χ1v) is 9.83. The lowest BCUT2D eigenvalue weighted by Crippen LogP contribution is -2.39. The molecule has 4 rings (SSSR count). The number of fused-ring (bicyclic) bond motifs is 1. The van der Waals surface area contributed by atoms with Crippen LogP contribution in [0.2, 0.25) is 0 Å². The number of ketones is 1. The van der Waals surface area contributed by atoms with Gasteiger partial charge in [-0.25, -0.2) is 4.79 Å². The first kappa shape index (κ1) is 22.2. The van der Waals surface area contributed by atoms with Crippen LogP contribution in [0, 0.1) is 0 Å². The van der Waals surface area contributed by atoms with Gasteiger partial charge >= 0.3 is 12.3 Å². The average Bonchev–Trinajstić information content (AvgIpc) is 3.16. The molecule has 33 heavy (non-hydrogen) atoms. The predicted octanol–water partition coefficient (Wildman–Crippen LogP) is 4.53. The fourth-order valence-electron chi connectivity index (χ4n) is 3.59. The van der Waals surface area contributed by atoms with Crippen LogP contribution < -0.4 is 10.1 Å². The van der Waals surface area contributed by atoms with Crippen molar-refractivity contribution in [3.63, 3.8) is 0 Å². The molecule has 2 aromatic heterocycles. The molecule has 0 saturated heterocycles. The number of hydrogen-bond donors (Lipinski definition) is 2. The Labute approximate surface area is 186 Å². The number of ether oxygens (including phenoxy) is 2. The summed E-state index contributed by atoms with van der Waals surface area (Å²) in [6, 6.07) is 10.5. The fraction of sp³-hybridized carbons (Fsp3) is 0.227. The van der Waals surface area contributed by atoms with E-state index in [0.717, 1.165) is 0 Å². The van der Waals surface area contributed by atoms with Crippen molar-refractivity contribution in [2.24, 2.45) is 0 Å². The van der Waals surface area contributed by atoms with Gasteiger partial charge in [0.15, 0.2) is 12.4 Å². The van der Waals surface area contributed by atoms with E-state index in [9.17, 15) is 22.8 Å². The van der Waals surface area contributed by atoms with Crippen LogP contribution in [0.3, 0.4) is 0 Å². The van der Waals surface area contributed by atoms with Crippen LogP contribution in [0.1, 0.15) is 16.1 Å². The molecule has 3 heterocycles. The number of rotatable bonds is 5. The van der Waals surface area contributed by atoms with Gasteiger partial charge in [-0.15, -0.1) is 0 Å². The van der Waals surface area contributed by atoms with Gasteiger partial charge in [0.25, 0.3) is 0 Å². The number of nitrogens with one attached hydrogen (secondary N) is 2.